The molecule has 1 aromatic carbocycles. The zero-order chi connectivity index (χ0) is 25.2. The number of anilines is 2. The zero-order valence-corrected chi connectivity index (χ0v) is 20.1. The monoisotopic (exact) mass is 462 g/mol. The third-order valence-electron chi connectivity index (χ3n) is 3.79. The van der Waals surface area contributed by atoms with E-state index in [-0.39, 0.29) is 16.9 Å². The van der Waals surface area contributed by atoms with Crippen LogP contribution in [0.5, 0.6) is 0 Å². The molecule has 2 amide bonds. The molecule has 10 nitrogen and oxygen atoms in total. The fourth-order valence-corrected chi connectivity index (χ4v) is 2.61. The van der Waals surface area contributed by atoms with Crippen molar-refractivity contribution in [2.45, 2.75) is 72.4 Å². The van der Waals surface area contributed by atoms with Crippen LogP contribution in [0.1, 0.15) is 55.4 Å². The van der Waals surface area contributed by atoms with Gasteiger partial charge in [0.25, 0.3) is 5.79 Å². The number of benzene rings is 1. The van der Waals surface area contributed by atoms with Gasteiger partial charge >= 0.3 is 24.1 Å². The van der Waals surface area contributed by atoms with Crippen molar-refractivity contribution in [1.29, 1.82) is 0 Å². The molecule has 0 unspecified atom stereocenters. The Balaban J connectivity index is 2.44. The van der Waals surface area contributed by atoms with E-state index in [1.54, 1.807) is 53.7 Å². The van der Waals surface area contributed by atoms with E-state index in [0.29, 0.717) is 0 Å². The second-order valence-corrected chi connectivity index (χ2v) is 9.69. The molecule has 0 radical (unpaired) electrons. The van der Waals surface area contributed by atoms with Crippen LogP contribution in [0.25, 0.3) is 0 Å². The van der Waals surface area contributed by atoms with Gasteiger partial charge in [-0.1, -0.05) is 12.1 Å². The molecule has 1 heterocycles. The summed E-state index contributed by atoms with van der Waals surface area (Å²) < 4.78 is 20.9. The number of carbonyl (C=O) groups excluding carboxylic acids is 4. The van der Waals surface area contributed by atoms with E-state index in [9.17, 15) is 19.2 Å². The molecular weight excluding hydrogens is 432 g/mol. The van der Waals surface area contributed by atoms with Gasteiger partial charge in [0.15, 0.2) is 5.57 Å². The summed E-state index contributed by atoms with van der Waals surface area (Å²) >= 11 is 0. The van der Waals surface area contributed by atoms with E-state index in [2.05, 4.69) is 5.32 Å². The molecule has 0 spiro atoms. The van der Waals surface area contributed by atoms with Crippen LogP contribution in [0.2, 0.25) is 0 Å². The van der Waals surface area contributed by atoms with Crippen LogP contribution in [-0.4, -0.2) is 41.1 Å². The first-order chi connectivity index (χ1) is 15.0. The highest BCUT2D eigenvalue weighted by Gasteiger charge is 2.39. The van der Waals surface area contributed by atoms with Crippen molar-refractivity contribution in [3.8, 4) is 0 Å². The van der Waals surface area contributed by atoms with Gasteiger partial charge in [-0.2, -0.15) is 4.90 Å². The first-order valence-corrected chi connectivity index (χ1v) is 10.3. The number of imide groups is 1. The third kappa shape index (κ3) is 7.23. The molecule has 0 saturated carbocycles. The lowest BCUT2D eigenvalue weighted by Gasteiger charge is -2.30. The molecule has 0 bridgehead atoms. The van der Waals surface area contributed by atoms with Gasteiger partial charge < -0.3 is 24.3 Å². The van der Waals surface area contributed by atoms with Crippen LogP contribution >= 0.6 is 0 Å². The number of cyclic esters (lactones) is 2. The van der Waals surface area contributed by atoms with Crippen molar-refractivity contribution < 1.29 is 38.1 Å². The van der Waals surface area contributed by atoms with E-state index in [1.807, 2.05) is 0 Å². The van der Waals surface area contributed by atoms with E-state index >= 15 is 0 Å². The second kappa shape index (κ2) is 9.13. The molecule has 1 fully saturated rings. The summed E-state index contributed by atoms with van der Waals surface area (Å²) in [5.74, 6) is -3.14. The Morgan fingerprint density at radius 1 is 0.909 bits per heavy atom. The lowest BCUT2D eigenvalue weighted by Crippen LogP contribution is -2.44. The number of hydrogen-bond acceptors (Lipinski definition) is 9. The van der Waals surface area contributed by atoms with Crippen LogP contribution < -0.4 is 10.2 Å². The second-order valence-electron chi connectivity index (χ2n) is 9.69. The maximum absolute atomic E-state index is 12.9. The summed E-state index contributed by atoms with van der Waals surface area (Å²) in [6.45, 7) is 12.8. The number of ether oxygens (including phenoxy) is 4. The largest absolute Gasteiger partial charge is 0.443 e. The average molecular weight is 462 g/mol. The van der Waals surface area contributed by atoms with E-state index in [0.717, 1.165) is 11.1 Å². The predicted octanol–water partition coefficient (Wildman–Crippen LogP) is 4.50. The summed E-state index contributed by atoms with van der Waals surface area (Å²) in [6, 6.07) is 6.25. The minimum Gasteiger partial charge on any atom is -0.443 e. The molecule has 2 rings (SSSR count). The van der Waals surface area contributed by atoms with Crippen LogP contribution in [0.3, 0.4) is 0 Å². The number of nitrogens with zero attached hydrogens (tertiary/aromatic N) is 1. The van der Waals surface area contributed by atoms with Gasteiger partial charge in [-0.3, -0.25) is 0 Å². The number of amides is 2. The minimum atomic E-state index is -1.38. The Labute approximate surface area is 192 Å². The molecule has 180 valence electrons. The Morgan fingerprint density at radius 3 is 1.82 bits per heavy atom. The lowest BCUT2D eigenvalue weighted by molar-refractivity contribution is -0.222. The number of carbonyl (C=O) groups is 4. The predicted molar refractivity (Wildman–Crippen MR) is 119 cm³/mol. The smallest absolute Gasteiger partial charge is 0.424 e. The van der Waals surface area contributed by atoms with Gasteiger partial charge in [0.2, 0.25) is 0 Å². The highest BCUT2D eigenvalue weighted by Crippen LogP contribution is 2.30. The van der Waals surface area contributed by atoms with Crippen molar-refractivity contribution in [3.63, 3.8) is 0 Å². The summed E-state index contributed by atoms with van der Waals surface area (Å²) in [5.41, 5.74) is -1.86. The van der Waals surface area contributed by atoms with Crippen LogP contribution in [0.4, 0.5) is 21.0 Å². The molecule has 10 heteroatoms. The molecule has 0 aliphatic carbocycles. The average Bonchev–Trinajstić information content (AvgIpc) is 2.58. The number of para-hydroxylation sites is 2. The lowest BCUT2D eigenvalue weighted by atomic mass is 10.2. The van der Waals surface area contributed by atoms with Crippen molar-refractivity contribution >= 4 is 35.5 Å². The maximum Gasteiger partial charge on any atom is 0.424 e. The normalized spacial score (nSPS) is 15.7. The Bertz CT molecular complexity index is 933. The van der Waals surface area contributed by atoms with Crippen molar-refractivity contribution in [2.24, 2.45) is 0 Å². The SMILES string of the molecule is CC(C)(C)OC(=O)N(C(=O)OC(C)(C)C)c1ccccc1NC=C1C(=O)OC(C)(C)OC1=O. The zero-order valence-electron chi connectivity index (χ0n) is 20.1. The van der Waals surface area contributed by atoms with Gasteiger partial charge in [0.1, 0.15) is 11.2 Å². The first kappa shape index (κ1) is 25.7. The standard InChI is InChI=1S/C23H30N2O8/c1-21(2,3)32-19(28)25(20(29)33-22(4,5)6)16-12-10-9-11-15(16)24-13-14-17(26)30-23(7,8)31-18(14)27/h9-13,24H,1-8H3. The molecular formula is C23H30N2O8. The minimum absolute atomic E-state index is 0.0794. The molecule has 1 saturated heterocycles. The molecule has 1 aliphatic rings. The number of rotatable bonds is 3. The topological polar surface area (TPSA) is 120 Å². The fraction of sp³-hybridized carbons (Fsp3) is 0.478. The van der Waals surface area contributed by atoms with Crippen LogP contribution in [0.15, 0.2) is 36.0 Å². The molecule has 33 heavy (non-hydrogen) atoms. The summed E-state index contributed by atoms with van der Waals surface area (Å²) in [6.07, 6.45) is -0.838. The molecule has 1 N–H and O–H groups in total. The fourth-order valence-electron chi connectivity index (χ4n) is 2.61. The molecule has 1 aromatic rings. The van der Waals surface area contributed by atoms with Gasteiger partial charge in [-0.15, -0.1) is 0 Å². The summed E-state index contributed by atoms with van der Waals surface area (Å²) in [4.78, 5) is 51.0. The molecule has 1 aliphatic heterocycles. The molecule has 0 aromatic heterocycles. The van der Waals surface area contributed by atoms with Crippen LogP contribution in [-0.2, 0) is 28.5 Å². The number of esters is 2. The van der Waals surface area contributed by atoms with Gasteiger partial charge in [0, 0.05) is 20.0 Å². The summed E-state index contributed by atoms with van der Waals surface area (Å²) in [7, 11) is 0. The van der Waals surface area contributed by atoms with E-state index < -0.39 is 41.1 Å². The summed E-state index contributed by atoms with van der Waals surface area (Å²) in [5, 5.41) is 2.77. The Hall–Kier alpha value is -3.56. The maximum atomic E-state index is 12.9. The van der Waals surface area contributed by atoms with Gasteiger partial charge in [-0.05, 0) is 53.7 Å². The van der Waals surface area contributed by atoms with Crippen molar-refractivity contribution in [1.82, 2.24) is 0 Å². The Kier molecular flexibility index (Phi) is 7.11. The quantitative estimate of drug-likeness (QED) is 0.300. The number of hydrogen-bond donors (Lipinski definition) is 1. The van der Waals surface area contributed by atoms with Gasteiger partial charge in [0.05, 0.1) is 11.4 Å². The number of nitrogens with one attached hydrogen (secondary N) is 1. The first-order valence-electron chi connectivity index (χ1n) is 10.3. The Morgan fingerprint density at radius 2 is 1.36 bits per heavy atom. The van der Waals surface area contributed by atoms with E-state index in [4.69, 9.17) is 18.9 Å². The van der Waals surface area contributed by atoms with Crippen molar-refractivity contribution in [3.05, 3.63) is 36.0 Å². The van der Waals surface area contributed by atoms with E-state index in [1.165, 1.54) is 26.0 Å². The molecule has 0 atom stereocenters. The third-order valence-corrected chi connectivity index (χ3v) is 3.79. The van der Waals surface area contributed by atoms with Crippen molar-refractivity contribution in [2.75, 3.05) is 10.2 Å². The van der Waals surface area contributed by atoms with Crippen LogP contribution in [0, 0.1) is 0 Å². The highest BCUT2D eigenvalue weighted by atomic mass is 16.7. The highest BCUT2D eigenvalue weighted by molar-refractivity contribution is 6.16. The van der Waals surface area contributed by atoms with Gasteiger partial charge in [-0.25, -0.2) is 19.2 Å².